The Labute approximate surface area is 338 Å². The maximum absolute atomic E-state index is 9.37. The van der Waals surface area contributed by atoms with Crippen LogP contribution in [0.4, 0.5) is 0 Å². The van der Waals surface area contributed by atoms with Gasteiger partial charge in [-0.15, -0.1) is 11.3 Å². The normalized spacial score (nSPS) is 13.6. The zero-order valence-electron chi connectivity index (χ0n) is 37.6. The van der Waals surface area contributed by atoms with E-state index in [4.69, 9.17) is 23.2 Å². The molecule has 11 aromatic rings. The second-order valence-corrected chi connectivity index (χ2v) is 14.5. The van der Waals surface area contributed by atoms with Crippen LogP contribution >= 0.6 is 11.3 Å². The minimum Gasteiger partial charge on any atom is -0.308 e. The number of rotatable bonds is 6. The third-order valence-electron chi connectivity index (χ3n) is 10.1. The summed E-state index contributed by atoms with van der Waals surface area (Å²) in [5.41, 5.74) is 5.79. The van der Waals surface area contributed by atoms with Crippen LogP contribution in [0.3, 0.4) is 0 Å². The molecule has 0 fully saturated rings. The molecule has 0 bridgehead atoms. The monoisotopic (exact) mass is 740 g/mol. The van der Waals surface area contributed by atoms with Crippen molar-refractivity contribution in [1.29, 1.82) is 0 Å². The quantitative estimate of drug-likeness (QED) is 0.170. The highest BCUT2D eigenvalue weighted by molar-refractivity contribution is 7.25. The fourth-order valence-corrected chi connectivity index (χ4v) is 8.69. The van der Waals surface area contributed by atoms with E-state index in [2.05, 4.69) is 24.3 Å². The van der Waals surface area contributed by atoms with Crippen LogP contribution in [0.2, 0.25) is 0 Å². The lowest BCUT2D eigenvalue weighted by atomic mass is 9.93. The van der Waals surface area contributed by atoms with Crippen LogP contribution in [0.5, 0.6) is 0 Å². The largest absolute Gasteiger partial charge is 0.308 e. The second kappa shape index (κ2) is 13.3. The summed E-state index contributed by atoms with van der Waals surface area (Å²) < 4.78 is 75.8. The van der Waals surface area contributed by atoms with Gasteiger partial charge >= 0.3 is 0 Å². The molecule has 5 heteroatoms. The first-order valence-electron chi connectivity index (χ1n) is 22.1. The molecule has 3 aromatic heterocycles. The Bertz CT molecular complexity index is 3640. The summed E-state index contributed by atoms with van der Waals surface area (Å²) in [5.74, 6) is 1.04. The van der Waals surface area contributed by atoms with E-state index in [-0.39, 0.29) is 27.6 Å². The van der Waals surface area contributed by atoms with Crippen molar-refractivity contribution in [2.45, 2.75) is 0 Å². The van der Waals surface area contributed by atoms with Gasteiger partial charge in [0, 0.05) is 47.6 Å². The SMILES string of the molecule is [2H]c1c([2H])c([2H])c2c(c1[2H])c1c([2H])c([2H])c([2H])c([2H])c1n2-c1cc(-c2ccccc2-c2ccccc2)ccc1-c1nc(-c2ccccc2)nc(-c2ccc3c(c2)sc2ccccc23)n1. The topological polar surface area (TPSA) is 43.6 Å². The van der Waals surface area contributed by atoms with Crippen LogP contribution in [-0.4, -0.2) is 19.5 Å². The summed E-state index contributed by atoms with van der Waals surface area (Å²) in [6.45, 7) is 0. The van der Waals surface area contributed by atoms with Crippen LogP contribution in [-0.2, 0) is 0 Å². The van der Waals surface area contributed by atoms with E-state index in [0.29, 0.717) is 22.9 Å². The predicted molar refractivity (Wildman–Crippen MR) is 234 cm³/mol. The molecule has 0 aliphatic heterocycles. The van der Waals surface area contributed by atoms with Gasteiger partial charge in [0.15, 0.2) is 17.5 Å². The van der Waals surface area contributed by atoms with Gasteiger partial charge in [-0.05, 0) is 58.6 Å². The number of hydrogen-bond donors (Lipinski definition) is 0. The molecule has 0 N–H and O–H groups in total. The molecule has 3 heterocycles. The van der Waals surface area contributed by atoms with Gasteiger partial charge in [-0.25, -0.2) is 15.0 Å². The Balaban J connectivity index is 1.27. The lowest BCUT2D eigenvalue weighted by Crippen LogP contribution is -2.04. The molecule has 0 aliphatic rings. The molecular formula is C51H32N4S. The van der Waals surface area contributed by atoms with Crippen LogP contribution in [0.15, 0.2) is 194 Å². The number of hydrogen-bond acceptors (Lipinski definition) is 4. The summed E-state index contributed by atoms with van der Waals surface area (Å²) in [6, 6.07) is 43.9. The first kappa shape index (κ1) is 25.0. The highest BCUT2D eigenvalue weighted by atomic mass is 32.1. The molecule has 0 saturated heterocycles. The van der Waals surface area contributed by atoms with E-state index in [9.17, 15) is 2.74 Å². The van der Waals surface area contributed by atoms with Crippen molar-refractivity contribution in [3.63, 3.8) is 0 Å². The van der Waals surface area contributed by atoms with Gasteiger partial charge in [0.05, 0.1) is 27.7 Å². The zero-order chi connectivity index (χ0) is 44.0. The second-order valence-electron chi connectivity index (χ2n) is 13.4. The molecule has 8 aromatic carbocycles. The van der Waals surface area contributed by atoms with Gasteiger partial charge in [-0.1, -0.05) is 158 Å². The molecule has 56 heavy (non-hydrogen) atoms. The maximum Gasteiger partial charge on any atom is 0.166 e. The number of nitrogens with zero attached hydrogens (tertiary/aromatic N) is 4. The lowest BCUT2D eigenvalue weighted by molar-refractivity contribution is 1.07. The van der Waals surface area contributed by atoms with Gasteiger partial charge < -0.3 is 4.57 Å². The van der Waals surface area contributed by atoms with E-state index < -0.39 is 48.3 Å². The number of benzene rings is 8. The lowest BCUT2D eigenvalue weighted by Gasteiger charge is -2.17. The smallest absolute Gasteiger partial charge is 0.166 e. The average Bonchev–Trinajstić information content (AvgIpc) is 3.90. The van der Waals surface area contributed by atoms with Crippen molar-refractivity contribution >= 4 is 53.3 Å². The highest BCUT2D eigenvalue weighted by Crippen LogP contribution is 2.41. The Morgan fingerprint density at radius 3 is 1.68 bits per heavy atom. The number of aromatic nitrogens is 4. The summed E-state index contributed by atoms with van der Waals surface area (Å²) in [6.07, 6.45) is 0. The van der Waals surface area contributed by atoms with Crippen molar-refractivity contribution in [2.75, 3.05) is 0 Å². The maximum atomic E-state index is 9.37. The van der Waals surface area contributed by atoms with E-state index in [0.717, 1.165) is 53.6 Å². The Kier molecular flexibility index (Phi) is 5.92. The molecular weight excluding hydrogens is 701 g/mol. The van der Waals surface area contributed by atoms with Crippen molar-refractivity contribution in [3.05, 3.63) is 194 Å². The first-order chi connectivity index (χ1) is 31.1. The molecule has 262 valence electrons. The zero-order valence-corrected chi connectivity index (χ0v) is 30.4. The third kappa shape index (κ3) is 5.40. The van der Waals surface area contributed by atoms with E-state index in [1.807, 2.05) is 121 Å². The van der Waals surface area contributed by atoms with Crippen molar-refractivity contribution in [1.82, 2.24) is 19.5 Å². The highest BCUT2D eigenvalue weighted by Gasteiger charge is 2.21. The number of thiophene rings is 1. The molecule has 0 radical (unpaired) electrons. The van der Waals surface area contributed by atoms with E-state index in [1.165, 1.54) is 0 Å². The fourth-order valence-electron chi connectivity index (χ4n) is 7.55. The van der Waals surface area contributed by atoms with Crippen LogP contribution in [0.25, 0.3) is 104 Å². The van der Waals surface area contributed by atoms with Crippen LogP contribution in [0, 0.1) is 0 Å². The molecule has 4 nitrogen and oxygen atoms in total. The van der Waals surface area contributed by atoms with Crippen molar-refractivity contribution in [2.24, 2.45) is 0 Å². The molecule has 0 atom stereocenters. The minimum absolute atomic E-state index is 0.00415. The Morgan fingerprint density at radius 2 is 0.946 bits per heavy atom. The molecule has 0 amide bonds. The van der Waals surface area contributed by atoms with Gasteiger partial charge in [-0.2, -0.15) is 0 Å². The fraction of sp³-hybridized carbons (Fsp3) is 0. The van der Waals surface area contributed by atoms with Crippen molar-refractivity contribution in [3.8, 4) is 62.1 Å². The Hall–Kier alpha value is -7.21. The van der Waals surface area contributed by atoms with Crippen LogP contribution in [0.1, 0.15) is 11.0 Å². The van der Waals surface area contributed by atoms with Gasteiger partial charge in [0.2, 0.25) is 0 Å². The van der Waals surface area contributed by atoms with Gasteiger partial charge in [0.1, 0.15) is 0 Å². The minimum atomic E-state index is -0.514. The predicted octanol–water partition coefficient (Wildman–Crippen LogP) is 13.7. The van der Waals surface area contributed by atoms with Gasteiger partial charge in [-0.3, -0.25) is 0 Å². The van der Waals surface area contributed by atoms with E-state index in [1.54, 1.807) is 15.9 Å². The molecule has 0 aliphatic carbocycles. The Morgan fingerprint density at radius 1 is 0.393 bits per heavy atom. The standard InChI is InChI=1S/C51H32N4S/c1-3-15-33(16-4-1)37-19-7-8-20-38(37)35-27-30-43(46(31-35)55-44-24-12-9-21-39(44)40-22-10-13-25-45(40)55)51-53-49(34-17-5-2-6-18-34)52-50(54-51)36-28-29-42-41-23-11-14-26-47(41)56-48(42)32-36/h1-32H/i9D,10D,12D,13D,21D,22D,24D,25D. The summed E-state index contributed by atoms with van der Waals surface area (Å²) in [5, 5.41) is 2.24. The molecule has 0 spiro atoms. The summed E-state index contributed by atoms with van der Waals surface area (Å²) in [7, 11) is 0. The summed E-state index contributed by atoms with van der Waals surface area (Å²) >= 11 is 1.68. The van der Waals surface area contributed by atoms with Crippen LogP contribution < -0.4 is 0 Å². The van der Waals surface area contributed by atoms with E-state index >= 15 is 0 Å². The number of fused-ring (bicyclic) bond motifs is 6. The van der Waals surface area contributed by atoms with Gasteiger partial charge in [0.25, 0.3) is 0 Å². The number of para-hydroxylation sites is 2. The first-order valence-corrected chi connectivity index (χ1v) is 18.9. The third-order valence-corrected chi connectivity index (χ3v) is 11.3. The molecule has 11 rings (SSSR count). The van der Waals surface area contributed by atoms with Crippen molar-refractivity contribution < 1.29 is 11.0 Å². The molecule has 0 unspecified atom stereocenters. The average molecular weight is 741 g/mol. The summed E-state index contributed by atoms with van der Waals surface area (Å²) in [4.78, 5) is 15.3. The molecule has 0 saturated carbocycles.